The predicted molar refractivity (Wildman–Crippen MR) is 87.9 cm³/mol. The highest BCUT2D eigenvalue weighted by Crippen LogP contribution is 2.32. The third-order valence-electron chi connectivity index (χ3n) is 4.28. The van der Waals surface area contributed by atoms with Crippen LogP contribution in [0.2, 0.25) is 0 Å². The van der Waals surface area contributed by atoms with Gasteiger partial charge in [-0.1, -0.05) is 48.5 Å². The van der Waals surface area contributed by atoms with Crippen LogP contribution in [-0.4, -0.2) is 16.3 Å². The largest absolute Gasteiger partial charge is 0.473 e. The minimum Gasteiger partial charge on any atom is -0.473 e. The zero-order valence-corrected chi connectivity index (χ0v) is 12.4. The first kappa shape index (κ1) is 13.3. The highest BCUT2D eigenvalue weighted by Gasteiger charge is 2.19. The van der Waals surface area contributed by atoms with Crippen LogP contribution in [0.4, 0.5) is 0 Å². The minimum absolute atomic E-state index is 0.292. The Kier molecular flexibility index (Phi) is 3.47. The Balaban J connectivity index is 1.81. The average Bonchev–Trinajstić information content (AvgIpc) is 3.09. The van der Waals surface area contributed by atoms with Crippen LogP contribution < -0.4 is 4.74 Å². The Morgan fingerprint density at radius 1 is 0.773 bits per heavy atom. The van der Waals surface area contributed by atoms with E-state index in [1.807, 2.05) is 30.3 Å². The molecule has 0 aliphatic heterocycles. The molecule has 0 unspecified atom stereocenters. The molecule has 1 aromatic heterocycles. The second-order valence-electron chi connectivity index (χ2n) is 5.79. The third kappa shape index (κ3) is 2.43. The first-order valence-electron chi connectivity index (χ1n) is 7.89. The summed E-state index contributed by atoms with van der Waals surface area (Å²) < 4.78 is 6.11. The van der Waals surface area contributed by atoms with E-state index in [0.29, 0.717) is 12.0 Å². The van der Waals surface area contributed by atoms with Gasteiger partial charge in [-0.15, -0.1) is 10.2 Å². The van der Waals surface area contributed by atoms with Gasteiger partial charge in [0.15, 0.2) is 0 Å². The van der Waals surface area contributed by atoms with Crippen molar-refractivity contribution in [2.75, 3.05) is 0 Å². The van der Waals surface area contributed by atoms with Crippen LogP contribution in [0.5, 0.6) is 5.88 Å². The highest BCUT2D eigenvalue weighted by atomic mass is 16.5. The van der Waals surface area contributed by atoms with Crippen molar-refractivity contribution in [3.05, 3.63) is 54.6 Å². The molecule has 22 heavy (non-hydrogen) atoms. The van der Waals surface area contributed by atoms with Gasteiger partial charge in [-0.3, -0.25) is 0 Å². The molecule has 1 saturated carbocycles. The van der Waals surface area contributed by atoms with Gasteiger partial charge in [0.1, 0.15) is 11.8 Å². The molecule has 1 heterocycles. The molecule has 3 heteroatoms. The zero-order chi connectivity index (χ0) is 14.8. The quantitative estimate of drug-likeness (QED) is 0.706. The molecular weight excluding hydrogens is 272 g/mol. The fraction of sp³-hybridized carbons (Fsp3) is 0.263. The van der Waals surface area contributed by atoms with Gasteiger partial charge in [0.25, 0.3) is 0 Å². The summed E-state index contributed by atoms with van der Waals surface area (Å²) in [6, 6.07) is 18.4. The lowest BCUT2D eigenvalue weighted by Crippen LogP contribution is -2.12. The SMILES string of the molecule is c1ccc(-c2nnc(OC3CCCC3)c3ccccc23)cc1. The van der Waals surface area contributed by atoms with E-state index in [1.54, 1.807) is 0 Å². The molecule has 0 atom stereocenters. The summed E-state index contributed by atoms with van der Waals surface area (Å²) in [4.78, 5) is 0. The van der Waals surface area contributed by atoms with Gasteiger partial charge < -0.3 is 4.74 Å². The van der Waals surface area contributed by atoms with Crippen molar-refractivity contribution in [3.8, 4) is 17.1 Å². The Labute approximate surface area is 130 Å². The highest BCUT2D eigenvalue weighted by molar-refractivity contribution is 5.96. The Bertz CT molecular complexity index is 780. The average molecular weight is 290 g/mol. The molecule has 0 amide bonds. The molecule has 0 N–H and O–H groups in total. The van der Waals surface area contributed by atoms with E-state index in [2.05, 4.69) is 34.5 Å². The molecule has 3 nitrogen and oxygen atoms in total. The molecular formula is C19H18N2O. The third-order valence-corrected chi connectivity index (χ3v) is 4.28. The van der Waals surface area contributed by atoms with Crippen molar-refractivity contribution in [1.82, 2.24) is 10.2 Å². The molecule has 2 aromatic carbocycles. The zero-order valence-electron chi connectivity index (χ0n) is 12.4. The molecule has 3 aromatic rings. The van der Waals surface area contributed by atoms with Gasteiger partial charge in [0.2, 0.25) is 5.88 Å². The van der Waals surface area contributed by atoms with E-state index < -0.39 is 0 Å². The first-order valence-corrected chi connectivity index (χ1v) is 7.89. The maximum absolute atomic E-state index is 6.11. The number of nitrogens with zero attached hydrogens (tertiary/aromatic N) is 2. The molecule has 4 rings (SSSR count). The van der Waals surface area contributed by atoms with Gasteiger partial charge in [-0.25, -0.2) is 0 Å². The van der Waals surface area contributed by atoms with Gasteiger partial charge in [0, 0.05) is 16.3 Å². The van der Waals surface area contributed by atoms with Crippen molar-refractivity contribution in [1.29, 1.82) is 0 Å². The number of ether oxygens (including phenoxy) is 1. The number of hydrogen-bond acceptors (Lipinski definition) is 3. The van der Waals surface area contributed by atoms with E-state index in [4.69, 9.17) is 4.74 Å². The standard InChI is InChI=1S/C19H18N2O/c1-2-8-14(9-3-1)18-16-12-6-7-13-17(16)19(21-20-18)22-15-10-4-5-11-15/h1-3,6-9,12-13,15H,4-5,10-11H2. The number of fused-ring (bicyclic) bond motifs is 1. The fourth-order valence-electron chi connectivity index (χ4n) is 3.14. The first-order chi connectivity index (χ1) is 10.9. The normalized spacial score (nSPS) is 15.3. The summed E-state index contributed by atoms with van der Waals surface area (Å²) in [6.07, 6.45) is 5.03. The molecule has 1 fully saturated rings. The number of rotatable bonds is 3. The molecule has 110 valence electrons. The molecule has 1 aliphatic rings. The van der Waals surface area contributed by atoms with Gasteiger partial charge in [0.05, 0.1) is 0 Å². The number of hydrogen-bond donors (Lipinski definition) is 0. The molecule has 1 aliphatic carbocycles. The Morgan fingerprint density at radius 3 is 2.23 bits per heavy atom. The van der Waals surface area contributed by atoms with Crippen LogP contribution in [0, 0.1) is 0 Å². The summed E-state index contributed by atoms with van der Waals surface area (Å²) in [7, 11) is 0. The molecule has 0 bridgehead atoms. The fourth-order valence-corrected chi connectivity index (χ4v) is 3.14. The summed E-state index contributed by atoms with van der Waals surface area (Å²) >= 11 is 0. The van der Waals surface area contributed by atoms with Crippen molar-refractivity contribution >= 4 is 10.8 Å². The van der Waals surface area contributed by atoms with Crippen LogP contribution in [0.15, 0.2) is 54.6 Å². The smallest absolute Gasteiger partial charge is 0.241 e. The summed E-state index contributed by atoms with van der Waals surface area (Å²) in [6.45, 7) is 0. The molecule has 0 spiro atoms. The van der Waals surface area contributed by atoms with E-state index >= 15 is 0 Å². The van der Waals surface area contributed by atoms with E-state index in [0.717, 1.165) is 34.9 Å². The van der Waals surface area contributed by atoms with Crippen molar-refractivity contribution < 1.29 is 4.74 Å². The van der Waals surface area contributed by atoms with Gasteiger partial charge >= 0.3 is 0 Å². The van der Waals surface area contributed by atoms with Crippen molar-refractivity contribution in [3.63, 3.8) is 0 Å². The maximum Gasteiger partial charge on any atom is 0.241 e. The number of benzene rings is 2. The summed E-state index contributed by atoms with van der Waals surface area (Å²) in [5, 5.41) is 11.0. The van der Waals surface area contributed by atoms with E-state index in [1.165, 1.54) is 12.8 Å². The van der Waals surface area contributed by atoms with Crippen LogP contribution in [-0.2, 0) is 0 Å². The van der Waals surface area contributed by atoms with Crippen LogP contribution in [0.25, 0.3) is 22.0 Å². The Morgan fingerprint density at radius 2 is 1.45 bits per heavy atom. The molecule has 0 radical (unpaired) electrons. The van der Waals surface area contributed by atoms with Crippen LogP contribution >= 0.6 is 0 Å². The lowest BCUT2D eigenvalue weighted by molar-refractivity contribution is 0.202. The van der Waals surface area contributed by atoms with Crippen molar-refractivity contribution in [2.45, 2.75) is 31.8 Å². The lowest BCUT2D eigenvalue weighted by atomic mass is 10.1. The minimum atomic E-state index is 0.292. The maximum atomic E-state index is 6.11. The second-order valence-corrected chi connectivity index (χ2v) is 5.79. The Hall–Kier alpha value is -2.42. The number of aromatic nitrogens is 2. The summed E-state index contributed by atoms with van der Waals surface area (Å²) in [5.41, 5.74) is 1.99. The van der Waals surface area contributed by atoms with Crippen LogP contribution in [0.1, 0.15) is 25.7 Å². The predicted octanol–water partition coefficient (Wildman–Crippen LogP) is 4.62. The lowest BCUT2D eigenvalue weighted by Gasteiger charge is -2.14. The van der Waals surface area contributed by atoms with Crippen molar-refractivity contribution in [2.24, 2.45) is 0 Å². The monoisotopic (exact) mass is 290 g/mol. The van der Waals surface area contributed by atoms with Gasteiger partial charge in [-0.05, 0) is 31.7 Å². The van der Waals surface area contributed by atoms with E-state index in [9.17, 15) is 0 Å². The van der Waals surface area contributed by atoms with E-state index in [-0.39, 0.29) is 0 Å². The van der Waals surface area contributed by atoms with Gasteiger partial charge in [-0.2, -0.15) is 0 Å². The molecule has 0 saturated heterocycles. The summed E-state index contributed by atoms with van der Waals surface area (Å²) in [5.74, 6) is 0.669. The topological polar surface area (TPSA) is 35.0 Å². The van der Waals surface area contributed by atoms with Crippen LogP contribution in [0.3, 0.4) is 0 Å². The second kappa shape index (κ2) is 5.76.